The van der Waals surface area contributed by atoms with E-state index in [0.29, 0.717) is 32.1 Å². The molecule has 0 radical (unpaired) electrons. The molecule has 3 aliphatic rings. The number of amides is 1. The van der Waals surface area contributed by atoms with Crippen molar-refractivity contribution in [2.24, 2.45) is 35.3 Å². The minimum absolute atomic E-state index is 0.00488. The Morgan fingerprint density at radius 1 is 1.08 bits per heavy atom. The normalized spacial score (nSPS) is 37.6. The Hall–Kier alpha value is -2.61. The minimum atomic E-state index is -1.73. The van der Waals surface area contributed by atoms with E-state index >= 15 is 0 Å². The average molecular weight is 750 g/mol. The number of nitrogens with two attached hydrogens (primary N) is 1. The van der Waals surface area contributed by atoms with Crippen LogP contribution in [0.5, 0.6) is 0 Å². The van der Waals surface area contributed by atoms with Gasteiger partial charge in [-0.1, -0.05) is 65.8 Å². The summed E-state index contributed by atoms with van der Waals surface area (Å²) in [7, 11) is 0. The Balaban J connectivity index is 1.90. The van der Waals surface area contributed by atoms with Gasteiger partial charge in [0.15, 0.2) is 12.1 Å². The molecule has 53 heavy (non-hydrogen) atoms. The summed E-state index contributed by atoms with van der Waals surface area (Å²) in [5.41, 5.74) is 7.13. The van der Waals surface area contributed by atoms with Crippen LogP contribution in [-0.2, 0) is 33.3 Å². The SMILES string of the molecule is CCC(=O)[C@@H](C)[C@@H](O)[C@H](C)CC(C)[C@@H]1OC(=O)C[C@]2(O)CC=C(C)[C@H](O2)/C(C)=C\CCC[C@@H](O[C@@H]2C[C@@H](OC(N)=O)[C@H](O)[C@@H](C)O2)/C=C/[C@@H](C)C[C@H]1C. The number of esters is 1. The predicted octanol–water partition coefficient (Wildman–Crippen LogP) is 6.04. The molecular formula is C41H67NO11. The molecule has 5 N–H and O–H groups in total. The molecule has 0 aromatic rings. The highest BCUT2D eigenvalue weighted by Gasteiger charge is 2.41. The summed E-state index contributed by atoms with van der Waals surface area (Å²) in [6.45, 7) is 17.2. The molecule has 3 aliphatic heterocycles. The maximum Gasteiger partial charge on any atom is 0.404 e. The van der Waals surface area contributed by atoms with Crippen LogP contribution in [0.3, 0.4) is 0 Å². The predicted molar refractivity (Wildman–Crippen MR) is 200 cm³/mol. The monoisotopic (exact) mass is 749 g/mol. The van der Waals surface area contributed by atoms with Crippen molar-refractivity contribution in [1.82, 2.24) is 0 Å². The van der Waals surface area contributed by atoms with E-state index in [2.05, 4.69) is 19.1 Å². The van der Waals surface area contributed by atoms with Crippen LogP contribution in [0.15, 0.2) is 35.5 Å². The van der Waals surface area contributed by atoms with Crippen molar-refractivity contribution >= 4 is 17.8 Å². The van der Waals surface area contributed by atoms with Crippen LogP contribution in [0, 0.1) is 29.6 Å². The maximum absolute atomic E-state index is 13.6. The van der Waals surface area contributed by atoms with Gasteiger partial charge in [-0.05, 0) is 87.7 Å². The van der Waals surface area contributed by atoms with Gasteiger partial charge in [-0.15, -0.1) is 0 Å². The fraction of sp³-hybridized carbons (Fsp3) is 0.780. The summed E-state index contributed by atoms with van der Waals surface area (Å²) in [5, 5.41) is 33.1. The topological polar surface area (TPSA) is 184 Å². The number of cyclic esters (lactones) is 1. The highest BCUT2D eigenvalue weighted by molar-refractivity contribution is 5.80. The first kappa shape index (κ1) is 44.8. The standard InChI is InChI=1S/C41H67NO11/c1-10-32(43)29(8)36(45)26(5)20-28(7)38-27(6)19-23(2)15-16-31(50-35-21-33(51-40(42)47)37(46)30(9)49-35)14-12-11-13-24(3)39-25(4)17-18-41(48,53-39)22-34(44)52-38/h13,15-17,23,26-31,33,35-39,45-46,48H,10-12,14,18-22H2,1-9H3,(H2,42,47)/b16-15+,24-13-/t23-,26-,27-,28?,29-,30-,31-,33-,35-,36+,37-,38-,39-,41+/m1/s1. The third kappa shape index (κ3) is 13.3. The maximum atomic E-state index is 13.6. The number of aliphatic hydroxyl groups excluding tert-OH is 2. The lowest BCUT2D eigenvalue weighted by molar-refractivity contribution is -0.254. The Bertz CT molecular complexity index is 1310. The fourth-order valence-electron chi connectivity index (χ4n) is 8.07. The quantitative estimate of drug-likeness (QED) is 0.151. The number of carbonyl (C=O) groups is 3. The molecule has 12 nitrogen and oxygen atoms in total. The molecule has 2 bridgehead atoms. The zero-order valence-electron chi connectivity index (χ0n) is 33.4. The first-order valence-corrected chi connectivity index (χ1v) is 19.6. The number of ether oxygens (including phenoxy) is 5. The molecule has 14 atom stereocenters. The third-order valence-corrected chi connectivity index (χ3v) is 11.2. The second-order valence-electron chi connectivity index (χ2n) is 16.1. The Morgan fingerprint density at radius 3 is 2.42 bits per heavy atom. The van der Waals surface area contributed by atoms with Crippen LogP contribution in [0.25, 0.3) is 0 Å². The summed E-state index contributed by atoms with van der Waals surface area (Å²) in [4.78, 5) is 37.5. The van der Waals surface area contributed by atoms with Crippen molar-refractivity contribution in [3.8, 4) is 0 Å². The van der Waals surface area contributed by atoms with Crippen LogP contribution in [-0.4, -0.2) is 88.0 Å². The summed E-state index contributed by atoms with van der Waals surface area (Å²) < 4.78 is 30.0. The van der Waals surface area contributed by atoms with E-state index in [0.717, 1.165) is 17.6 Å². The first-order chi connectivity index (χ1) is 24.8. The van der Waals surface area contributed by atoms with Crippen LogP contribution < -0.4 is 5.73 Å². The molecule has 0 aliphatic carbocycles. The van der Waals surface area contributed by atoms with Gasteiger partial charge in [0, 0.05) is 25.2 Å². The number of carbonyl (C=O) groups excluding carboxylic acids is 3. The van der Waals surface area contributed by atoms with Crippen molar-refractivity contribution in [1.29, 1.82) is 0 Å². The molecule has 12 heteroatoms. The van der Waals surface area contributed by atoms with Gasteiger partial charge >= 0.3 is 12.1 Å². The van der Waals surface area contributed by atoms with E-state index < -0.39 is 66.7 Å². The van der Waals surface area contributed by atoms with Gasteiger partial charge in [0.1, 0.15) is 30.2 Å². The largest absolute Gasteiger partial charge is 0.462 e. The lowest BCUT2D eigenvalue weighted by Crippen LogP contribution is -2.50. The molecule has 1 unspecified atom stereocenters. The number of fused-ring (bicyclic) bond motifs is 2. The van der Waals surface area contributed by atoms with E-state index in [1.807, 2.05) is 46.8 Å². The molecule has 0 aromatic carbocycles. The highest BCUT2D eigenvalue weighted by atomic mass is 16.7. The van der Waals surface area contributed by atoms with Gasteiger partial charge < -0.3 is 44.7 Å². The number of aliphatic hydroxyl groups is 3. The van der Waals surface area contributed by atoms with Crippen LogP contribution in [0.4, 0.5) is 4.79 Å². The molecule has 302 valence electrons. The minimum Gasteiger partial charge on any atom is -0.462 e. The lowest BCUT2D eigenvalue weighted by Gasteiger charge is -2.38. The van der Waals surface area contributed by atoms with Crippen molar-refractivity contribution in [3.63, 3.8) is 0 Å². The summed E-state index contributed by atoms with van der Waals surface area (Å²) >= 11 is 0. The zero-order chi connectivity index (χ0) is 39.6. The van der Waals surface area contributed by atoms with Crippen molar-refractivity contribution in [2.75, 3.05) is 0 Å². The number of Topliss-reactive ketones (excluding diaryl/α,β-unsaturated/α-hetero) is 1. The summed E-state index contributed by atoms with van der Waals surface area (Å²) in [6.07, 6.45) is 5.26. The molecule has 3 heterocycles. The van der Waals surface area contributed by atoms with Gasteiger partial charge in [0.2, 0.25) is 0 Å². The molecule has 0 saturated carbocycles. The number of hydrogen-bond donors (Lipinski definition) is 4. The highest BCUT2D eigenvalue weighted by Crippen LogP contribution is 2.35. The smallest absolute Gasteiger partial charge is 0.404 e. The van der Waals surface area contributed by atoms with E-state index in [4.69, 9.17) is 29.4 Å². The lowest BCUT2D eigenvalue weighted by atomic mass is 9.79. The average Bonchev–Trinajstić information content (AvgIpc) is 3.09. The Labute approximate surface area is 316 Å². The Morgan fingerprint density at radius 2 is 1.75 bits per heavy atom. The van der Waals surface area contributed by atoms with Gasteiger partial charge in [-0.25, -0.2) is 4.79 Å². The van der Waals surface area contributed by atoms with Gasteiger partial charge in [0.05, 0.1) is 24.7 Å². The van der Waals surface area contributed by atoms with E-state index in [9.17, 15) is 29.7 Å². The van der Waals surface area contributed by atoms with Gasteiger partial charge in [0.25, 0.3) is 0 Å². The van der Waals surface area contributed by atoms with E-state index in [1.165, 1.54) is 0 Å². The molecule has 1 saturated heterocycles. The second-order valence-corrected chi connectivity index (χ2v) is 16.1. The molecule has 0 aromatic heterocycles. The number of ketones is 1. The summed E-state index contributed by atoms with van der Waals surface area (Å²) in [5.74, 6) is -3.23. The Kier molecular flexibility index (Phi) is 17.2. The van der Waals surface area contributed by atoms with Gasteiger partial charge in [-0.3, -0.25) is 9.59 Å². The molecule has 3 rings (SSSR count). The fourth-order valence-corrected chi connectivity index (χ4v) is 8.07. The molecule has 1 amide bonds. The second kappa shape index (κ2) is 20.3. The molecule has 0 spiro atoms. The molecule has 1 fully saturated rings. The number of allylic oxidation sites excluding steroid dienone is 2. The van der Waals surface area contributed by atoms with Crippen molar-refractivity contribution in [3.05, 3.63) is 35.5 Å². The van der Waals surface area contributed by atoms with E-state index in [-0.39, 0.29) is 54.8 Å². The van der Waals surface area contributed by atoms with Crippen LogP contribution in [0.1, 0.15) is 120 Å². The van der Waals surface area contributed by atoms with Gasteiger partial charge in [-0.2, -0.15) is 0 Å². The van der Waals surface area contributed by atoms with Crippen LogP contribution in [0.2, 0.25) is 0 Å². The van der Waals surface area contributed by atoms with Crippen LogP contribution >= 0.6 is 0 Å². The number of hydrogen-bond acceptors (Lipinski definition) is 11. The first-order valence-electron chi connectivity index (χ1n) is 19.6. The van der Waals surface area contributed by atoms with E-state index in [1.54, 1.807) is 20.8 Å². The molecular weight excluding hydrogens is 682 g/mol. The zero-order valence-corrected chi connectivity index (χ0v) is 33.4. The van der Waals surface area contributed by atoms with Crippen molar-refractivity contribution < 1.29 is 53.4 Å². The third-order valence-electron chi connectivity index (χ3n) is 11.2. The number of rotatable bonds is 10. The van der Waals surface area contributed by atoms with Crippen molar-refractivity contribution in [2.45, 2.75) is 175 Å². The number of primary amides is 1. The summed E-state index contributed by atoms with van der Waals surface area (Å²) in [6, 6.07) is 0.